The zero-order chi connectivity index (χ0) is 19.7. The average molecular weight is 397 g/mol. The van der Waals surface area contributed by atoms with E-state index in [1.807, 2.05) is 30.3 Å². The summed E-state index contributed by atoms with van der Waals surface area (Å²) in [6.07, 6.45) is 0. The van der Waals surface area contributed by atoms with E-state index in [0.717, 1.165) is 5.56 Å². The lowest BCUT2D eigenvalue weighted by molar-refractivity contribution is -0.113. The zero-order valence-corrected chi connectivity index (χ0v) is 15.9. The number of methoxy groups -OCH3 is 1. The molecule has 0 fully saturated rings. The molecule has 3 aromatic rings. The Balaban J connectivity index is 1.79. The second kappa shape index (κ2) is 7.32. The molecular formula is C19H17ClN6O2. The van der Waals surface area contributed by atoms with Crippen LogP contribution >= 0.6 is 11.6 Å². The average Bonchev–Trinajstić information content (AvgIpc) is 3.16. The van der Waals surface area contributed by atoms with Crippen LogP contribution in [-0.2, 0) is 4.79 Å². The first-order chi connectivity index (χ1) is 13.6. The van der Waals surface area contributed by atoms with Crippen LogP contribution in [0.15, 0.2) is 59.8 Å². The van der Waals surface area contributed by atoms with E-state index in [1.54, 1.807) is 36.9 Å². The number of benzene rings is 2. The van der Waals surface area contributed by atoms with Gasteiger partial charge in [0.15, 0.2) is 0 Å². The summed E-state index contributed by atoms with van der Waals surface area (Å²) in [5.74, 6) is 0.701. The van der Waals surface area contributed by atoms with Gasteiger partial charge in [-0.1, -0.05) is 47.0 Å². The molecular weight excluding hydrogens is 380 g/mol. The summed E-state index contributed by atoms with van der Waals surface area (Å²) >= 11 is 6.44. The van der Waals surface area contributed by atoms with Crippen molar-refractivity contribution in [1.82, 2.24) is 20.2 Å². The molecule has 4 rings (SSSR count). The van der Waals surface area contributed by atoms with Crippen LogP contribution in [0.4, 0.5) is 11.6 Å². The molecule has 0 saturated heterocycles. The standard InChI is InChI=1S/C19H17ClN6O2/c1-11-16(18(27)22-14-9-5-6-10-15(14)28-2)17(12-7-3-4-8-13(12)20)26-19(21-11)23-24-25-26/h3-10,17H,1-2H3,(H,22,27)(H,21,23,25)/t17-/m1/s1. The fraction of sp³-hybridized carbons (Fsp3) is 0.158. The topological polar surface area (TPSA) is 94.0 Å². The third-order valence-corrected chi connectivity index (χ3v) is 4.86. The van der Waals surface area contributed by atoms with Crippen LogP contribution in [0.25, 0.3) is 0 Å². The number of tetrazole rings is 1. The van der Waals surface area contributed by atoms with Gasteiger partial charge in [-0.2, -0.15) is 4.68 Å². The number of anilines is 2. The number of hydrogen-bond acceptors (Lipinski definition) is 6. The molecule has 1 aliphatic heterocycles. The minimum atomic E-state index is -0.574. The molecule has 2 N–H and O–H groups in total. The normalized spacial score (nSPS) is 15.6. The summed E-state index contributed by atoms with van der Waals surface area (Å²) < 4.78 is 6.88. The largest absolute Gasteiger partial charge is 0.495 e. The number of fused-ring (bicyclic) bond motifs is 1. The molecule has 8 nitrogen and oxygen atoms in total. The maximum Gasteiger partial charge on any atom is 0.255 e. The van der Waals surface area contributed by atoms with Crippen molar-refractivity contribution in [1.29, 1.82) is 0 Å². The van der Waals surface area contributed by atoms with Crippen LogP contribution in [-0.4, -0.2) is 33.2 Å². The Bertz CT molecular complexity index is 1080. The smallest absolute Gasteiger partial charge is 0.255 e. The number of halogens is 1. The Morgan fingerprint density at radius 2 is 1.96 bits per heavy atom. The SMILES string of the molecule is COc1ccccc1NC(=O)C1=C(C)Nc2nnnn2[C@@H]1c1ccccc1Cl. The molecule has 1 atom stereocenters. The highest BCUT2D eigenvalue weighted by Gasteiger charge is 2.35. The van der Waals surface area contributed by atoms with Crippen molar-refractivity contribution in [3.05, 3.63) is 70.4 Å². The number of allylic oxidation sites excluding steroid dienone is 1. The van der Waals surface area contributed by atoms with Crippen LogP contribution in [0.2, 0.25) is 5.02 Å². The molecule has 0 bridgehead atoms. The lowest BCUT2D eigenvalue weighted by Gasteiger charge is -2.28. The number of ether oxygens (including phenoxy) is 1. The Morgan fingerprint density at radius 3 is 2.75 bits per heavy atom. The van der Waals surface area contributed by atoms with Crippen LogP contribution < -0.4 is 15.4 Å². The van der Waals surface area contributed by atoms with Gasteiger partial charge in [-0.3, -0.25) is 4.79 Å². The molecule has 1 amide bonds. The van der Waals surface area contributed by atoms with Gasteiger partial charge in [0.1, 0.15) is 11.8 Å². The van der Waals surface area contributed by atoms with Gasteiger partial charge < -0.3 is 15.4 Å². The van der Waals surface area contributed by atoms with Gasteiger partial charge in [0, 0.05) is 16.3 Å². The molecule has 1 aliphatic rings. The number of nitrogens with zero attached hydrogens (tertiary/aromatic N) is 4. The monoisotopic (exact) mass is 396 g/mol. The van der Waals surface area contributed by atoms with Crippen LogP contribution in [0, 0.1) is 0 Å². The van der Waals surface area contributed by atoms with Crippen LogP contribution in [0.5, 0.6) is 5.75 Å². The van der Waals surface area contributed by atoms with Gasteiger partial charge in [-0.05, 0) is 35.5 Å². The molecule has 2 heterocycles. The van der Waals surface area contributed by atoms with Crippen molar-refractivity contribution < 1.29 is 9.53 Å². The molecule has 0 radical (unpaired) electrons. The first-order valence-electron chi connectivity index (χ1n) is 8.54. The number of carbonyl (C=O) groups excluding carboxylic acids is 1. The predicted octanol–water partition coefficient (Wildman–Crippen LogP) is 3.26. The first kappa shape index (κ1) is 18.0. The summed E-state index contributed by atoms with van der Waals surface area (Å²) in [7, 11) is 1.55. The van der Waals surface area contributed by atoms with E-state index < -0.39 is 6.04 Å². The van der Waals surface area contributed by atoms with E-state index in [9.17, 15) is 4.79 Å². The molecule has 0 aliphatic carbocycles. The second-order valence-electron chi connectivity index (χ2n) is 6.19. The predicted molar refractivity (Wildman–Crippen MR) is 105 cm³/mol. The first-order valence-corrected chi connectivity index (χ1v) is 8.92. The second-order valence-corrected chi connectivity index (χ2v) is 6.60. The Labute approximate surface area is 166 Å². The van der Waals surface area contributed by atoms with Crippen LogP contribution in [0.3, 0.4) is 0 Å². The van der Waals surface area contributed by atoms with Gasteiger partial charge in [-0.25, -0.2) is 0 Å². The fourth-order valence-corrected chi connectivity index (χ4v) is 3.47. The molecule has 2 aromatic carbocycles. The number of aromatic nitrogens is 4. The summed E-state index contributed by atoms with van der Waals surface area (Å²) in [5.41, 5.74) is 2.39. The molecule has 0 saturated carbocycles. The number of para-hydroxylation sites is 2. The molecule has 142 valence electrons. The Kier molecular flexibility index (Phi) is 4.70. The van der Waals surface area contributed by atoms with Gasteiger partial charge in [0.25, 0.3) is 5.91 Å². The summed E-state index contributed by atoms with van der Waals surface area (Å²) in [5, 5.41) is 18.3. The van der Waals surface area contributed by atoms with E-state index in [0.29, 0.717) is 33.7 Å². The third-order valence-electron chi connectivity index (χ3n) is 4.51. The molecule has 1 aromatic heterocycles. The van der Waals surface area contributed by atoms with Gasteiger partial charge in [0.05, 0.1) is 18.4 Å². The van der Waals surface area contributed by atoms with E-state index in [-0.39, 0.29) is 5.91 Å². The van der Waals surface area contributed by atoms with Gasteiger partial charge in [-0.15, -0.1) is 0 Å². The van der Waals surface area contributed by atoms with E-state index >= 15 is 0 Å². The number of hydrogen-bond donors (Lipinski definition) is 2. The number of carbonyl (C=O) groups is 1. The van der Waals surface area contributed by atoms with Crippen molar-refractivity contribution in [2.24, 2.45) is 0 Å². The highest BCUT2D eigenvalue weighted by molar-refractivity contribution is 6.31. The highest BCUT2D eigenvalue weighted by Crippen LogP contribution is 2.38. The molecule has 0 spiro atoms. The lowest BCUT2D eigenvalue weighted by Crippen LogP contribution is -2.31. The van der Waals surface area contributed by atoms with Gasteiger partial charge in [0.2, 0.25) is 5.95 Å². The van der Waals surface area contributed by atoms with Crippen molar-refractivity contribution in [3.63, 3.8) is 0 Å². The van der Waals surface area contributed by atoms with Crippen molar-refractivity contribution in [3.8, 4) is 5.75 Å². The minimum absolute atomic E-state index is 0.305. The van der Waals surface area contributed by atoms with Crippen LogP contribution in [0.1, 0.15) is 18.5 Å². The lowest BCUT2D eigenvalue weighted by atomic mass is 9.95. The van der Waals surface area contributed by atoms with E-state index in [1.165, 1.54) is 0 Å². The maximum absolute atomic E-state index is 13.3. The number of rotatable bonds is 4. The number of nitrogens with one attached hydrogen (secondary N) is 2. The molecule has 0 unspecified atom stereocenters. The molecule has 28 heavy (non-hydrogen) atoms. The summed E-state index contributed by atoms with van der Waals surface area (Å²) in [4.78, 5) is 13.3. The Morgan fingerprint density at radius 1 is 1.21 bits per heavy atom. The van der Waals surface area contributed by atoms with Crippen molar-refractivity contribution in [2.75, 3.05) is 17.7 Å². The van der Waals surface area contributed by atoms with E-state index in [2.05, 4.69) is 26.2 Å². The summed E-state index contributed by atoms with van der Waals surface area (Å²) in [6.45, 7) is 1.80. The van der Waals surface area contributed by atoms with Gasteiger partial charge >= 0.3 is 0 Å². The third kappa shape index (κ3) is 3.07. The number of amides is 1. The Hall–Kier alpha value is -3.39. The van der Waals surface area contributed by atoms with Crippen molar-refractivity contribution in [2.45, 2.75) is 13.0 Å². The highest BCUT2D eigenvalue weighted by atomic mass is 35.5. The maximum atomic E-state index is 13.3. The summed E-state index contributed by atoms with van der Waals surface area (Å²) in [6, 6.07) is 14.0. The van der Waals surface area contributed by atoms with Crippen molar-refractivity contribution >= 4 is 29.1 Å². The zero-order valence-electron chi connectivity index (χ0n) is 15.2. The molecule has 9 heteroatoms. The minimum Gasteiger partial charge on any atom is -0.495 e. The fourth-order valence-electron chi connectivity index (χ4n) is 3.23. The van der Waals surface area contributed by atoms with E-state index in [4.69, 9.17) is 16.3 Å². The quantitative estimate of drug-likeness (QED) is 0.703.